The van der Waals surface area contributed by atoms with Gasteiger partial charge < -0.3 is 15.3 Å². The monoisotopic (exact) mass is 543 g/mol. The van der Waals surface area contributed by atoms with E-state index >= 15 is 0 Å². The number of carbonyl (C=O) groups excluding carboxylic acids is 1. The van der Waals surface area contributed by atoms with E-state index in [1.807, 2.05) is 32.9 Å². The summed E-state index contributed by atoms with van der Waals surface area (Å²) in [6, 6.07) is 3.82. The van der Waals surface area contributed by atoms with Crippen LogP contribution in [0.2, 0.25) is 0 Å². The molecule has 37 heavy (non-hydrogen) atoms. The van der Waals surface area contributed by atoms with Gasteiger partial charge in [0, 0.05) is 56.1 Å². The third kappa shape index (κ3) is 7.37. The highest BCUT2D eigenvalue weighted by atomic mass is 32.2. The van der Waals surface area contributed by atoms with Crippen LogP contribution in [0.25, 0.3) is 0 Å². The minimum Gasteiger partial charge on any atom is -0.475 e. The Morgan fingerprint density at radius 1 is 1.19 bits per heavy atom. The number of amides is 1. The molecule has 2 aliphatic heterocycles. The minimum atomic E-state index is -5.08. The van der Waals surface area contributed by atoms with Crippen molar-refractivity contribution in [2.75, 3.05) is 18.4 Å². The van der Waals surface area contributed by atoms with Crippen LogP contribution in [0.15, 0.2) is 30.7 Å². The van der Waals surface area contributed by atoms with E-state index in [0.717, 1.165) is 11.3 Å². The summed E-state index contributed by atoms with van der Waals surface area (Å²) in [5.41, 5.74) is 2.23. The summed E-state index contributed by atoms with van der Waals surface area (Å²) in [7, 11) is -3.35. The Balaban J connectivity index is 0.000000479. The second-order valence-electron chi connectivity index (χ2n) is 10.1. The number of hydrogen-bond acceptors (Lipinski definition) is 8. The lowest BCUT2D eigenvalue weighted by Crippen LogP contribution is -2.36. The fourth-order valence-electron chi connectivity index (χ4n) is 4.11. The number of rotatable bonds is 4. The molecule has 0 saturated carbocycles. The molecule has 0 aliphatic carbocycles. The molecule has 2 aliphatic rings. The summed E-state index contributed by atoms with van der Waals surface area (Å²) in [6.45, 7) is 7.17. The molecule has 0 aromatic carbocycles. The second-order valence-corrected chi connectivity index (χ2v) is 12.3. The van der Waals surface area contributed by atoms with Crippen LogP contribution >= 0.6 is 0 Å². The average molecular weight is 544 g/mol. The molecular weight excluding hydrogens is 515 g/mol. The number of hydrogen-bond donors (Lipinski definition) is 2. The maximum absolute atomic E-state index is 12.9. The number of aromatic nitrogens is 3. The first kappa shape index (κ1) is 28.3. The summed E-state index contributed by atoms with van der Waals surface area (Å²) in [5, 5.41) is 9.71. The number of fused-ring (bicyclic) bond motifs is 3. The standard InChI is InChI=1S/C21H27N5O3S.C2HF3O2/c1-21(2,3)7-18(27)26-11-16-17(12-26)30(28,29)13-15-10-24-20(25-19(15)16)23-9-14-5-4-6-22-8-14;3-2(4,5)1(6)7/h4-6,8,10,16-17H,7,9,11-13H2,1-3H3,(H,23,24,25);(H,6,7)/t16-,17+;/m0./s1. The van der Waals surface area contributed by atoms with Gasteiger partial charge in [0.05, 0.1) is 16.7 Å². The van der Waals surface area contributed by atoms with Crippen LogP contribution in [0.1, 0.15) is 49.9 Å². The van der Waals surface area contributed by atoms with Crippen LogP contribution < -0.4 is 5.32 Å². The molecule has 1 fully saturated rings. The first-order chi connectivity index (χ1) is 17.1. The number of halogens is 3. The third-order valence-corrected chi connectivity index (χ3v) is 7.90. The van der Waals surface area contributed by atoms with Crippen LogP contribution in [0, 0.1) is 5.41 Å². The Hall–Kier alpha value is -3.29. The van der Waals surface area contributed by atoms with Crippen molar-refractivity contribution >= 4 is 27.7 Å². The number of nitrogens with one attached hydrogen (secondary N) is 1. The van der Waals surface area contributed by atoms with Crippen molar-refractivity contribution in [3.63, 3.8) is 0 Å². The Morgan fingerprint density at radius 2 is 1.86 bits per heavy atom. The molecule has 2 N–H and O–H groups in total. The van der Waals surface area contributed by atoms with Gasteiger partial charge >= 0.3 is 12.1 Å². The Bertz CT molecular complexity index is 1250. The molecule has 10 nitrogen and oxygen atoms in total. The molecule has 2 aromatic rings. The maximum Gasteiger partial charge on any atom is 0.490 e. The lowest BCUT2D eigenvalue weighted by atomic mass is 9.91. The predicted octanol–water partition coefficient (Wildman–Crippen LogP) is 2.78. The third-order valence-electron chi connectivity index (χ3n) is 5.78. The van der Waals surface area contributed by atoms with E-state index in [4.69, 9.17) is 9.90 Å². The van der Waals surface area contributed by atoms with Crippen LogP contribution in [-0.2, 0) is 31.7 Å². The lowest BCUT2D eigenvalue weighted by Gasteiger charge is -2.26. The topological polar surface area (TPSA) is 142 Å². The van der Waals surface area contributed by atoms with E-state index < -0.39 is 27.2 Å². The van der Waals surface area contributed by atoms with Crippen molar-refractivity contribution in [2.45, 2.75) is 56.8 Å². The van der Waals surface area contributed by atoms with Crippen molar-refractivity contribution in [3.8, 4) is 0 Å². The van der Waals surface area contributed by atoms with Gasteiger partial charge in [0.15, 0.2) is 9.84 Å². The summed E-state index contributed by atoms with van der Waals surface area (Å²) in [6.07, 6.45) is 0.387. The Kier molecular flexibility index (Phi) is 8.10. The first-order valence-electron chi connectivity index (χ1n) is 11.3. The molecule has 202 valence electrons. The van der Waals surface area contributed by atoms with E-state index in [-0.39, 0.29) is 29.5 Å². The molecule has 14 heteroatoms. The number of aliphatic carboxylic acids is 1. The molecule has 1 amide bonds. The molecule has 0 spiro atoms. The molecule has 0 bridgehead atoms. The van der Waals surface area contributed by atoms with E-state index in [0.29, 0.717) is 31.0 Å². The molecular formula is C23H28F3N5O5S. The predicted molar refractivity (Wildman–Crippen MR) is 127 cm³/mol. The zero-order valence-electron chi connectivity index (χ0n) is 20.5. The molecule has 1 saturated heterocycles. The van der Waals surface area contributed by atoms with Gasteiger partial charge in [0.1, 0.15) is 0 Å². The lowest BCUT2D eigenvalue weighted by molar-refractivity contribution is -0.192. The van der Waals surface area contributed by atoms with Gasteiger partial charge in [-0.3, -0.25) is 9.78 Å². The van der Waals surface area contributed by atoms with Crippen LogP contribution in [0.4, 0.5) is 19.1 Å². The number of nitrogens with zero attached hydrogens (tertiary/aromatic N) is 4. The fourth-order valence-corrected chi connectivity index (χ4v) is 6.11. The quantitative estimate of drug-likeness (QED) is 0.595. The molecule has 0 unspecified atom stereocenters. The van der Waals surface area contributed by atoms with Gasteiger partial charge in [-0.2, -0.15) is 13.2 Å². The van der Waals surface area contributed by atoms with Crippen molar-refractivity contribution in [2.24, 2.45) is 5.41 Å². The van der Waals surface area contributed by atoms with E-state index in [1.54, 1.807) is 23.5 Å². The van der Waals surface area contributed by atoms with Crippen molar-refractivity contribution in [3.05, 3.63) is 47.5 Å². The highest BCUT2D eigenvalue weighted by Gasteiger charge is 2.48. The van der Waals surface area contributed by atoms with Gasteiger partial charge in [-0.15, -0.1) is 0 Å². The minimum absolute atomic E-state index is 0.00219. The smallest absolute Gasteiger partial charge is 0.475 e. The van der Waals surface area contributed by atoms with Gasteiger partial charge in [-0.25, -0.2) is 23.2 Å². The molecule has 2 atom stereocenters. The van der Waals surface area contributed by atoms with Gasteiger partial charge in [-0.1, -0.05) is 26.8 Å². The van der Waals surface area contributed by atoms with Gasteiger partial charge in [-0.05, 0) is 17.0 Å². The van der Waals surface area contributed by atoms with Crippen molar-refractivity contribution in [1.29, 1.82) is 0 Å². The summed E-state index contributed by atoms with van der Waals surface area (Å²) >= 11 is 0. The highest BCUT2D eigenvalue weighted by Crippen LogP contribution is 2.40. The zero-order valence-corrected chi connectivity index (χ0v) is 21.3. The average Bonchev–Trinajstić information content (AvgIpc) is 3.25. The summed E-state index contributed by atoms with van der Waals surface area (Å²) < 4.78 is 57.5. The highest BCUT2D eigenvalue weighted by molar-refractivity contribution is 7.91. The first-order valence-corrected chi connectivity index (χ1v) is 13.1. The molecule has 4 rings (SSSR count). The van der Waals surface area contributed by atoms with Gasteiger partial charge in [0.2, 0.25) is 11.9 Å². The number of sulfone groups is 1. The number of carboxylic acid groups (broad SMARTS) is 1. The number of carbonyl (C=O) groups is 2. The van der Waals surface area contributed by atoms with Crippen LogP contribution in [-0.4, -0.2) is 69.8 Å². The SMILES string of the molecule is CC(C)(C)CC(=O)N1C[C@@H]2c3nc(NCc4cccnc4)ncc3CS(=O)(=O)[C@@H]2C1.O=C(O)C(F)(F)F. The second kappa shape index (κ2) is 10.6. The Morgan fingerprint density at radius 3 is 2.43 bits per heavy atom. The van der Waals surface area contributed by atoms with Crippen LogP contribution in [0.5, 0.6) is 0 Å². The fraction of sp³-hybridized carbons (Fsp3) is 0.522. The molecule has 4 heterocycles. The normalized spacial score (nSPS) is 20.2. The largest absolute Gasteiger partial charge is 0.490 e. The van der Waals surface area contributed by atoms with Crippen molar-refractivity contribution < 1.29 is 36.3 Å². The number of carboxylic acids is 1. The summed E-state index contributed by atoms with van der Waals surface area (Å²) in [5.74, 6) is -2.70. The number of anilines is 1. The molecule has 0 radical (unpaired) electrons. The van der Waals surface area contributed by atoms with E-state index in [9.17, 15) is 26.4 Å². The summed E-state index contributed by atoms with van der Waals surface area (Å²) in [4.78, 5) is 36.4. The van der Waals surface area contributed by atoms with E-state index in [1.165, 1.54) is 0 Å². The van der Waals surface area contributed by atoms with Gasteiger partial charge in [0.25, 0.3) is 0 Å². The molecule has 2 aromatic heterocycles. The van der Waals surface area contributed by atoms with Crippen LogP contribution in [0.3, 0.4) is 0 Å². The number of pyridine rings is 1. The number of alkyl halides is 3. The zero-order chi connectivity index (χ0) is 27.6. The Labute approximate surface area is 212 Å². The maximum atomic E-state index is 12.9. The van der Waals surface area contributed by atoms with Crippen molar-refractivity contribution in [1.82, 2.24) is 19.9 Å². The van der Waals surface area contributed by atoms with E-state index in [2.05, 4.69) is 20.3 Å². The number of likely N-dealkylation sites (tertiary alicyclic amines) is 1.